The molecule has 13 heavy (non-hydrogen) atoms. The minimum atomic E-state index is -0.292. The van der Waals surface area contributed by atoms with Crippen LogP contribution in [0.5, 0.6) is 0 Å². The molecule has 5 heteroatoms. The van der Waals surface area contributed by atoms with Gasteiger partial charge in [0, 0.05) is 23.4 Å². The molecule has 2 N–H and O–H groups in total. The maximum absolute atomic E-state index is 9.41. The number of hydrogen-bond donors (Lipinski definition) is 2. The Morgan fingerprint density at radius 3 is 3.08 bits per heavy atom. The Bertz CT molecular complexity index is 252. The summed E-state index contributed by atoms with van der Waals surface area (Å²) in [6, 6.07) is 0. The summed E-state index contributed by atoms with van der Waals surface area (Å²) in [6.45, 7) is 2.61. The normalized spacial score (nSPS) is 13.2. The van der Waals surface area contributed by atoms with Crippen LogP contribution in [0.25, 0.3) is 0 Å². The molecule has 0 aromatic carbocycles. The molecule has 1 unspecified atom stereocenters. The number of thioether (sulfide) groups is 1. The van der Waals surface area contributed by atoms with Crippen LogP contribution < -0.4 is 5.32 Å². The first-order valence-corrected chi connectivity index (χ1v) is 5.96. The van der Waals surface area contributed by atoms with Crippen LogP contribution >= 0.6 is 23.1 Å². The van der Waals surface area contributed by atoms with Crippen molar-refractivity contribution in [2.24, 2.45) is 0 Å². The van der Waals surface area contributed by atoms with Crippen molar-refractivity contribution in [1.29, 1.82) is 0 Å². The first-order valence-electron chi connectivity index (χ1n) is 4.10. The van der Waals surface area contributed by atoms with Crippen LogP contribution in [0.3, 0.4) is 0 Å². The zero-order valence-electron chi connectivity index (χ0n) is 7.78. The van der Waals surface area contributed by atoms with Gasteiger partial charge < -0.3 is 10.4 Å². The average Bonchev–Trinajstić information content (AvgIpc) is 2.49. The fourth-order valence-corrected chi connectivity index (χ4v) is 2.66. The Morgan fingerprint density at radius 1 is 1.77 bits per heavy atom. The molecule has 0 aliphatic carbocycles. The minimum Gasteiger partial charge on any atom is -0.391 e. The van der Waals surface area contributed by atoms with Crippen LogP contribution in [0.15, 0.2) is 9.72 Å². The third kappa shape index (κ3) is 4.08. The average molecular weight is 218 g/mol. The number of likely N-dealkylation sites (N-methyl/N-ethyl adjacent to an activating group) is 1. The molecule has 1 heterocycles. The van der Waals surface area contributed by atoms with Crippen molar-refractivity contribution in [2.75, 3.05) is 19.3 Å². The van der Waals surface area contributed by atoms with E-state index in [2.05, 4.69) is 10.3 Å². The Balaban J connectivity index is 2.26. The van der Waals surface area contributed by atoms with E-state index < -0.39 is 0 Å². The van der Waals surface area contributed by atoms with Gasteiger partial charge in [0.1, 0.15) is 4.34 Å². The summed E-state index contributed by atoms with van der Waals surface area (Å²) in [6.07, 6.45) is -0.292. The highest BCUT2D eigenvalue weighted by atomic mass is 32.2. The maximum Gasteiger partial charge on any atom is 0.150 e. The van der Waals surface area contributed by atoms with E-state index in [1.807, 2.05) is 19.4 Å². The quantitative estimate of drug-likeness (QED) is 0.727. The summed E-state index contributed by atoms with van der Waals surface area (Å²) in [4.78, 5) is 4.29. The minimum absolute atomic E-state index is 0.292. The number of hydrogen-bond acceptors (Lipinski definition) is 5. The van der Waals surface area contributed by atoms with Crippen molar-refractivity contribution in [1.82, 2.24) is 10.3 Å². The predicted molar refractivity (Wildman–Crippen MR) is 57.5 cm³/mol. The smallest absolute Gasteiger partial charge is 0.150 e. The molecule has 3 nitrogen and oxygen atoms in total. The Kier molecular flexibility index (Phi) is 4.72. The zero-order valence-corrected chi connectivity index (χ0v) is 9.41. The topological polar surface area (TPSA) is 45.1 Å². The highest BCUT2D eigenvalue weighted by molar-refractivity contribution is 8.01. The van der Waals surface area contributed by atoms with Crippen molar-refractivity contribution < 1.29 is 5.11 Å². The molecular weight excluding hydrogens is 204 g/mol. The molecule has 0 amide bonds. The van der Waals surface area contributed by atoms with E-state index >= 15 is 0 Å². The van der Waals surface area contributed by atoms with Crippen LogP contribution in [0.4, 0.5) is 0 Å². The summed E-state index contributed by atoms with van der Waals surface area (Å²) in [5.74, 6) is 0.702. The number of aromatic nitrogens is 1. The lowest BCUT2D eigenvalue weighted by atomic mass is 10.4. The van der Waals surface area contributed by atoms with Gasteiger partial charge in [-0.05, 0) is 14.0 Å². The van der Waals surface area contributed by atoms with Crippen LogP contribution in [-0.2, 0) is 0 Å². The lowest BCUT2D eigenvalue weighted by Gasteiger charge is -2.06. The van der Waals surface area contributed by atoms with Crippen molar-refractivity contribution in [3.8, 4) is 0 Å². The van der Waals surface area contributed by atoms with Crippen molar-refractivity contribution in [2.45, 2.75) is 17.4 Å². The molecule has 0 aliphatic rings. The lowest BCUT2D eigenvalue weighted by molar-refractivity contribution is 0.199. The largest absolute Gasteiger partial charge is 0.391 e. The second-order valence-corrected chi connectivity index (χ2v) is 4.90. The number of aliphatic hydroxyl groups excluding tert-OH is 1. The molecule has 0 spiro atoms. The zero-order chi connectivity index (χ0) is 9.68. The molecule has 0 saturated carbocycles. The van der Waals surface area contributed by atoms with E-state index in [9.17, 15) is 5.11 Å². The fourth-order valence-electron chi connectivity index (χ4n) is 0.861. The molecule has 1 aromatic heterocycles. The van der Waals surface area contributed by atoms with E-state index in [4.69, 9.17) is 0 Å². The van der Waals surface area contributed by atoms with Gasteiger partial charge in [-0.2, -0.15) is 0 Å². The first-order chi connectivity index (χ1) is 6.22. The van der Waals surface area contributed by atoms with E-state index in [1.165, 1.54) is 0 Å². The van der Waals surface area contributed by atoms with E-state index in [1.54, 1.807) is 23.1 Å². The van der Waals surface area contributed by atoms with Gasteiger partial charge >= 0.3 is 0 Å². The number of nitrogens with zero attached hydrogens (tertiary/aromatic N) is 1. The summed E-state index contributed by atoms with van der Waals surface area (Å²) in [5, 5.41) is 14.4. The molecule has 0 radical (unpaired) electrons. The number of thiazole rings is 1. The second-order valence-electron chi connectivity index (χ2n) is 2.78. The third-order valence-electron chi connectivity index (χ3n) is 1.44. The first kappa shape index (κ1) is 11.0. The van der Waals surface area contributed by atoms with Crippen LogP contribution in [-0.4, -0.2) is 35.5 Å². The van der Waals surface area contributed by atoms with Crippen LogP contribution in [0.2, 0.25) is 0 Å². The summed E-state index contributed by atoms with van der Waals surface area (Å²) < 4.78 is 1.03. The molecular formula is C8H14N2OS2. The molecule has 0 aliphatic heterocycles. The molecule has 1 atom stereocenters. The van der Waals surface area contributed by atoms with Gasteiger partial charge in [0.15, 0.2) is 0 Å². The van der Waals surface area contributed by atoms with E-state index in [-0.39, 0.29) is 6.10 Å². The molecule has 0 bridgehead atoms. The third-order valence-corrected chi connectivity index (χ3v) is 3.72. The SMILES string of the molecule is CNCC(O)CSc1nc(C)cs1. The Morgan fingerprint density at radius 2 is 2.54 bits per heavy atom. The maximum atomic E-state index is 9.41. The Hall–Kier alpha value is -0.100. The van der Waals surface area contributed by atoms with Crippen molar-refractivity contribution in [3.63, 3.8) is 0 Å². The molecule has 74 valence electrons. The van der Waals surface area contributed by atoms with Gasteiger partial charge in [0.2, 0.25) is 0 Å². The van der Waals surface area contributed by atoms with Crippen LogP contribution in [0.1, 0.15) is 5.69 Å². The van der Waals surface area contributed by atoms with Crippen molar-refractivity contribution >= 4 is 23.1 Å². The van der Waals surface area contributed by atoms with Gasteiger partial charge in [0.25, 0.3) is 0 Å². The standard InChI is InChI=1S/C8H14N2OS2/c1-6-4-12-8(10-6)13-5-7(11)3-9-2/h4,7,9,11H,3,5H2,1-2H3. The molecule has 1 rings (SSSR count). The number of aryl methyl sites for hydroxylation is 1. The van der Waals surface area contributed by atoms with E-state index in [0.29, 0.717) is 12.3 Å². The van der Waals surface area contributed by atoms with Gasteiger partial charge in [-0.15, -0.1) is 11.3 Å². The highest BCUT2D eigenvalue weighted by Crippen LogP contribution is 2.22. The highest BCUT2D eigenvalue weighted by Gasteiger charge is 2.05. The van der Waals surface area contributed by atoms with Gasteiger partial charge in [0.05, 0.1) is 6.10 Å². The number of nitrogens with one attached hydrogen (secondary N) is 1. The van der Waals surface area contributed by atoms with Gasteiger partial charge in [-0.1, -0.05) is 11.8 Å². The number of rotatable bonds is 5. The van der Waals surface area contributed by atoms with Crippen molar-refractivity contribution in [3.05, 3.63) is 11.1 Å². The summed E-state index contributed by atoms with van der Waals surface area (Å²) >= 11 is 3.24. The van der Waals surface area contributed by atoms with E-state index in [0.717, 1.165) is 10.0 Å². The predicted octanol–water partition coefficient (Wildman–Crippen LogP) is 1.12. The van der Waals surface area contributed by atoms with Gasteiger partial charge in [-0.25, -0.2) is 4.98 Å². The molecule has 0 saturated heterocycles. The molecule has 0 fully saturated rings. The molecule has 1 aromatic rings. The monoisotopic (exact) mass is 218 g/mol. The second kappa shape index (κ2) is 5.59. The summed E-state index contributed by atoms with van der Waals surface area (Å²) in [7, 11) is 1.83. The number of aliphatic hydroxyl groups is 1. The van der Waals surface area contributed by atoms with Crippen LogP contribution in [0, 0.1) is 6.92 Å². The fraction of sp³-hybridized carbons (Fsp3) is 0.625. The Labute approximate surface area is 86.6 Å². The lowest BCUT2D eigenvalue weighted by Crippen LogP contribution is -2.25. The van der Waals surface area contributed by atoms with Gasteiger partial charge in [-0.3, -0.25) is 0 Å². The summed E-state index contributed by atoms with van der Waals surface area (Å²) in [5.41, 5.74) is 1.05.